The Morgan fingerprint density at radius 3 is 2.67 bits per heavy atom. The number of nitrogens with one attached hydrogen (secondary N) is 1. The summed E-state index contributed by atoms with van der Waals surface area (Å²) in [6.45, 7) is 5.73. The molecule has 3 nitrogen and oxygen atoms in total. The highest BCUT2D eigenvalue weighted by atomic mass is 19.1. The van der Waals surface area contributed by atoms with Crippen LogP contribution in [0.2, 0.25) is 0 Å². The largest absolute Gasteiger partial charge is 0.349 e. The van der Waals surface area contributed by atoms with Crippen LogP contribution in [0.3, 0.4) is 0 Å². The molecule has 0 aromatic heterocycles. The predicted octanol–water partition coefficient (Wildman–Crippen LogP) is 1.99. The molecule has 1 aliphatic rings. The summed E-state index contributed by atoms with van der Waals surface area (Å²) in [5.74, 6) is -0.592. The normalized spacial score (nSPS) is 25.4. The summed E-state index contributed by atoms with van der Waals surface area (Å²) in [5.41, 5.74) is 6.69. The molecule has 4 heteroatoms. The minimum Gasteiger partial charge on any atom is -0.349 e. The topological polar surface area (TPSA) is 55.1 Å². The van der Waals surface area contributed by atoms with Crippen LogP contribution in [0.25, 0.3) is 0 Å². The van der Waals surface area contributed by atoms with E-state index in [4.69, 9.17) is 5.73 Å². The number of rotatable bonds is 2. The van der Waals surface area contributed by atoms with Gasteiger partial charge in [0.15, 0.2) is 0 Å². The second-order valence-corrected chi connectivity index (χ2v) is 5.65. The highest BCUT2D eigenvalue weighted by Gasteiger charge is 2.46. The van der Waals surface area contributed by atoms with E-state index >= 15 is 0 Å². The van der Waals surface area contributed by atoms with E-state index in [2.05, 4.69) is 5.32 Å². The van der Waals surface area contributed by atoms with Crippen LogP contribution >= 0.6 is 0 Å². The first-order valence-corrected chi connectivity index (χ1v) is 6.15. The monoisotopic (exact) mass is 250 g/mol. The molecule has 1 aliphatic carbocycles. The van der Waals surface area contributed by atoms with Crippen molar-refractivity contribution in [1.29, 1.82) is 0 Å². The van der Waals surface area contributed by atoms with Crippen molar-refractivity contribution in [2.24, 2.45) is 11.1 Å². The molecule has 0 spiro atoms. The molecule has 98 valence electrons. The van der Waals surface area contributed by atoms with Gasteiger partial charge in [-0.1, -0.05) is 19.9 Å². The van der Waals surface area contributed by atoms with E-state index in [-0.39, 0.29) is 29.2 Å². The van der Waals surface area contributed by atoms with Crippen LogP contribution < -0.4 is 11.1 Å². The fourth-order valence-corrected chi connectivity index (χ4v) is 2.18. The summed E-state index contributed by atoms with van der Waals surface area (Å²) in [7, 11) is 0. The summed E-state index contributed by atoms with van der Waals surface area (Å²) in [5, 5.41) is 2.91. The van der Waals surface area contributed by atoms with Gasteiger partial charge < -0.3 is 11.1 Å². The Hall–Kier alpha value is -1.42. The lowest BCUT2D eigenvalue weighted by atomic mass is 9.63. The molecule has 2 rings (SSSR count). The highest BCUT2D eigenvalue weighted by molar-refractivity contribution is 5.94. The van der Waals surface area contributed by atoms with Crippen LogP contribution in [-0.2, 0) is 0 Å². The van der Waals surface area contributed by atoms with Crippen molar-refractivity contribution in [3.05, 3.63) is 35.1 Å². The third kappa shape index (κ3) is 2.12. The summed E-state index contributed by atoms with van der Waals surface area (Å²) in [4.78, 5) is 12.0. The van der Waals surface area contributed by atoms with Gasteiger partial charge in [0.05, 0.1) is 0 Å². The van der Waals surface area contributed by atoms with Crippen molar-refractivity contribution >= 4 is 5.91 Å². The lowest BCUT2D eigenvalue weighted by molar-refractivity contribution is 0.0586. The van der Waals surface area contributed by atoms with Crippen LogP contribution in [0.1, 0.15) is 36.2 Å². The zero-order valence-electron chi connectivity index (χ0n) is 11.0. The molecule has 1 aromatic carbocycles. The highest BCUT2D eigenvalue weighted by Crippen LogP contribution is 2.39. The molecule has 1 fully saturated rings. The summed E-state index contributed by atoms with van der Waals surface area (Å²) in [6, 6.07) is 4.69. The Morgan fingerprint density at radius 1 is 1.50 bits per heavy atom. The fourth-order valence-electron chi connectivity index (χ4n) is 2.18. The summed E-state index contributed by atoms with van der Waals surface area (Å²) >= 11 is 0. The van der Waals surface area contributed by atoms with E-state index in [0.717, 1.165) is 6.42 Å². The van der Waals surface area contributed by atoms with E-state index in [9.17, 15) is 9.18 Å². The van der Waals surface area contributed by atoms with Crippen molar-refractivity contribution in [2.75, 3.05) is 0 Å². The van der Waals surface area contributed by atoms with Crippen LogP contribution in [0.15, 0.2) is 18.2 Å². The van der Waals surface area contributed by atoms with E-state index in [1.807, 2.05) is 13.8 Å². The van der Waals surface area contributed by atoms with Gasteiger partial charge in [0.2, 0.25) is 0 Å². The maximum absolute atomic E-state index is 13.4. The molecule has 0 aliphatic heterocycles. The Balaban J connectivity index is 2.07. The molecule has 0 radical (unpaired) electrons. The van der Waals surface area contributed by atoms with E-state index < -0.39 is 0 Å². The molecule has 0 bridgehead atoms. The first-order valence-electron chi connectivity index (χ1n) is 6.15. The van der Waals surface area contributed by atoms with Crippen molar-refractivity contribution in [3.63, 3.8) is 0 Å². The number of nitrogens with two attached hydrogens (primary N) is 1. The fraction of sp³-hybridized carbons (Fsp3) is 0.500. The summed E-state index contributed by atoms with van der Waals surface area (Å²) < 4.78 is 13.4. The van der Waals surface area contributed by atoms with Gasteiger partial charge in [-0.15, -0.1) is 0 Å². The molecule has 18 heavy (non-hydrogen) atoms. The van der Waals surface area contributed by atoms with Gasteiger partial charge in [0.25, 0.3) is 5.91 Å². The van der Waals surface area contributed by atoms with E-state index in [1.54, 1.807) is 19.1 Å². The maximum Gasteiger partial charge on any atom is 0.251 e. The average molecular weight is 250 g/mol. The molecule has 3 N–H and O–H groups in total. The van der Waals surface area contributed by atoms with Crippen molar-refractivity contribution in [3.8, 4) is 0 Å². The lowest BCUT2D eigenvalue weighted by Crippen LogP contribution is -2.64. The maximum atomic E-state index is 13.4. The Bertz CT molecular complexity index is 485. The lowest BCUT2D eigenvalue weighted by Gasteiger charge is -2.50. The SMILES string of the molecule is Cc1ccc(C(=O)NC2CC(N)C2(C)C)cc1F. The number of carbonyl (C=O) groups excluding carboxylic acids is 1. The molecule has 1 amide bonds. The number of carbonyl (C=O) groups is 1. The van der Waals surface area contributed by atoms with Crippen LogP contribution in [0.4, 0.5) is 4.39 Å². The Morgan fingerprint density at radius 2 is 2.17 bits per heavy atom. The second-order valence-electron chi connectivity index (χ2n) is 5.65. The van der Waals surface area contributed by atoms with Crippen LogP contribution in [0.5, 0.6) is 0 Å². The van der Waals surface area contributed by atoms with Crippen LogP contribution in [0, 0.1) is 18.2 Å². The zero-order chi connectivity index (χ0) is 13.5. The van der Waals surface area contributed by atoms with Crippen molar-refractivity contribution in [2.45, 2.75) is 39.3 Å². The first-order chi connectivity index (χ1) is 8.32. The van der Waals surface area contributed by atoms with E-state index in [1.165, 1.54) is 6.07 Å². The predicted molar refractivity (Wildman–Crippen MR) is 68.8 cm³/mol. The molecule has 1 saturated carbocycles. The van der Waals surface area contributed by atoms with Gasteiger partial charge in [-0.25, -0.2) is 4.39 Å². The number of benzene rings is 1. The second kappa shape index (κ2) is 4.35. The molecule has 2 unspecified atom stereocenters. The number of hydrogen-bond acceptors (Lipinski definition) is 2. The Labute approximate surface area is 107 Å². The zero-order valence-corrected chi connectivity index (χ0v) is 11.0. The van der Waals surface area contributed by atoms with Crippen LogP contribution in [-0.4, -0.2) is 18.0 Å². The quantitative estimate of drug-likeness (QED) is 0.843. The molecule has 2 atom stereocenters. The first kappa shape index (κ1) is 13.0. The third-order valence-electron chi connectivity index (χ3n) is 4.08. The van der Waals surface area contributed by atoms with E-state index in [0.29, 0.717) is 11.1 Å². The van der Waals surface area contributed by atoms with Gasteiger partial charge in [0.1, 0.15) is 5.82 Å². The third-order valence-corrected chi connectivity index (χ3v) is 4.08. The van der Waals surface area contributed by atoms with Gasteiger partial charge >= 0.3 is 0 Å². The van der Waals surface area contributed by atoms with Gasteiger partial charge in [0, 0.05) is 23.1 Å². The molecule has 1 aromatic rings. The number of aryl methyl sites for hydroxylation is 1. The molecule has 0 heterocycles. The number of hydrogen-bond donors (Lipinski definition) is 2. The molecule has 0 saturated heterocycles. The number of halogens is 1. The van der Waals surface area contributed by atoms with Crippen molar-refractivity contribution < 1.29 is 9.18 Å². The van der Waals surface area contributed by atoms with Gasteiger partial charge in [-0.05, 0) is 31.0 Å². The number of amides is 1. The molecular weight excluding hydrogens is 231 g/mol. The standard InChI is InChI=1S/C14H19FN2O/c1-8-4-5-9(6-10(8)15)13(18)17-12-7-11(16)14(12,2)3/h4-6,11-12H,7,16H2,1-3H3,(H,17,18). The molecular formula is C14H19FN2O. The summed E-state index contributed by atoms with van der Waals surface area (Å²) in [6.07, 6.45) is 0.771. The van der Waals surface area contributed by atoms with Crippen molar-refractivity contribution in [1.82, 2.24) is 5.32 Å². The average Bonchev–Trinajstić information content (AvgIpc) is 2.32. The van der Waals surface area contributed by atoms with Gasteiger partial charge in [-0.2, -0.15) is 0 Å². The minimum atomic E-state index is -0.354. The minimum absolute atomic E-state index is 0.0596. The smallest absolute Gasteiger partial charge is 0.251 e. The van der Waals surface area contributed by atoms with Gasteiger partial charge in [-0.3, -0.25) is 4.79 Å². The Kier molecular flexibility index (Phi) is 3.15.